The summed E-state index contributed by atoms with van der Waals surface area (Å²) in [4.78, 5) is 2.95. The zero-order valence-corrected chi connectivity index (χ0v) is 14.6. The zero-order chi connectivity index (χ0) is 14.9. The van der Waals surface area contributed by atoms with Crippen molar-refractivity contribution in [2.45, 2.75) is 90.1 Å². The molecular formula is C19H36N2. The molecule has 0 aromatic carbocycles. The second kappa shape index (κ2) is 6.20. The molecule has 1 saturated heterocycles. The first-order valence-corrected chi connectivity index (χ1v) is 9.48. The molecule has 21 heavy (non-hydrogen) atoms. The van der Waals surface area contributed by atoms with Crippen LogP contribution in [0.15, 0.2) is 0 Å². The van der Waals surface area contributed by atoms with E-state index in [0.29, 0.717) is 17.0 Å². The van der Waals surface area contributed by atoms with E-state index >= 15 is 0 Å². The average Bonchev–Trinajstić information content (AvgIpc) is 2.94. The summed E-state index contributed by atoms with van der Waals surface area (Å²) in [6.07, 6.45) is 13.2. The summed E-state index contributed by atoms with van der Waals surface area (Å²) in [5.74, 6) is 0.988. The van der Waals surface area contributed by atoms with E-state index in [1.165, 1.54) is 77.4 Å². The van der Waals surface area contributed by atoms with Crippen LogP contribution in [0.3, 0.4) is 0 Å². The minimum absolute atomic E-state index is 0.379. The molecule has 0 radical (unpaired) electrons. The van der Waals surface area contributed by atoms with Gasteiger partial charge in [0.25, 0.3) is 0 Å². The third kappa shape index (κ3) is 3.47. The lowest BCUT2D eigenvalue weighted by Gasteiger charge is -2.55. The molecule has 3 rings (SSSR count). The maximum atomic E-state index is 3.93. The van der Waals surface area contributed by atoms with Crippen LogP contribution in [0.5, 0.6) is 0 Å². The van der Waals surface area contributed by atoms with Gasteiger partial charge in [0.2, 0.25) is 0 Å². The molecule has 2 nitrogen and oxygen atoms in total. The fourth-order valence-electron chi connectivity index (χ4n) is 4.96. The van der Waals surface area contributed by atoms with E-state index < -0.39 is 0 Å². The Balaban J connectivity index is 1.72. The molecule has 1 aliphatic heterocycles. The van der Waals surface area contributed by atoms with Gasteiger partial charge >= 0.3 is 0 Å². The first kappa shape index (κ1) is 15.8. The summed E-state index contributed by atoms with van der Waals surface area (Å²) < 4.78 is 0. The molecular weight excluding hydrogens is 256 g/mol. The Labute approximate surface area is 132 Å². The highest BCUT2D eigenvalue weighted by molar-refractivity contribution is 5.03. The van der Waals surface area contributed by atoms with E-state index in [-0.39, 0.29) is 0 Å². The number of nitrogens with zero attached hydrogens (tertiary/aromatic N) is 1. The van der Waals surface area contributed by atoms with Crippen molar-refractivity contribution in [2.24, 2.45) is 11.3 Å². The molecule has 1 N–H and O–H groups in total. The summed E-state index contributed by atoms with van der Waals surface area (Å²) in [5.41, 5.74) is 0.882. The zero-order valence-electron chi connectivity index (χ0n) is 14.6. The molecule has 1 spiro atoms. The van der Waals surface area contributed by atoms with Crippen molar-refractivity contribution >= 4 is 0 Å². The highest BCUT2D eigenvalue weighted by atomic mass is 15.3. The molecule has 0 amide bonds. The fraction of sp³-hybridized carbons (Fsp3) is 1.00. The third-order valence-electron chi connectivity index (χ3n) is 6.53. The molecule has 0 bridgehead atoms. The Morgan fingerprint density at radius 3 is 2.29 bits per heavy atom. The third-order valence-corrected chi connectivity index (χ3v) is 6.53. The van der Waals surface area contributed by atoms with Crippen LogP contribution in [0.1, 0.15) is 78.6 Å². The number of piperazine rings is 1. The maximum Gasteiger partial charge on any atom is 0.0334 e. The van der Waals surface area contributed by atoms with Gasteiger partial charge in [-0.15, -0.1) is 0 Å². The van der Waals surface area contributed by atoms with Gasteiger partial charge in [-0.3, -0.25) is 4.90 Å². The van der Waals surface area contributed by atoms with Crippen LogP contribution >= 0.6 is 0 Å². The van der Waals surface area contributed by atoms with E-state index in [0.717, 1.165) is 5.92 Å². The summed E-state index contributed by atoms with van der Waals surface area (Å²) in [7, 11) is 0. The van der Waals surface area contributed by atoms with Crippen molar-refractivity contribution in [3.8, 4) is 0 Å². The SMILES string of the molecule is CC(C)(C)C1CN(CC2CCCC2)C2(CCCCC2)CN1. The molecule has 0 aromatic heterocycles. The lowest BCUT2D eigenvalue weighted by molar-refractivity contribution is -0.0191. The fourth-order valence-corrected chi connectivity index (χ4v) is 4.96. The van der Waals surface area contributed by atoms with Crippen LogP contribution in [-0.2, 0) is 0 Å². The second-order valence-corrected chi connectivity index (χ2v) is 9.14. The van der Waals surface area contributed by atoms with Gasteiger partial charge in [-0.2, -0.15) is 0 Å². The molecule has 2 aliphatic carbocycles. The van der Waals surface area contributed by atoms with Crippen LogP contribution in [0.2, 0.25) is 0 Å². The van der Waals surface area contributed by atoms with Crippen LogP contribution in [-0.4, -0.2) is 36.1 Å². The van der Waals surface area contributed by atoms with Crippen molar-refractivity contribution in [1.29, 1.82) is 0 Å². The quantitative estimate of drug-likeness (QED) is 0.820. The Morgan fingerprint density at radius 2 is 1.67 bits per heavy atom. The smallest absolute Gasteiger partial charge is 0.0334 e. The molecule has 3 fully saturated rings. The summed E-state index contributed by atoms with van der Waals surface area (Å²) in [5, 5.41) is 3.93. The largest absolute Gasteiger partial charge is 0.310 e. The van der Waals surface area contributed by atoms with Crippen LogP contribution in [0, 0.1) is 11.3 Å². The Morgan fingerprint density at radius 1 is 1.00 bits per heavy atom. The Hall–Kier alpha value is -0.0800. The minimum atomic E-state index is 0.379. The van der Waals surface area contributed by atoms with Gasteiger partial charge in [-0.05, 0) is 37.0 Å². The second-order valence-electron chi connectivity index (χ2n) is 9.14. The van der Waals surface area contributed by atoms with Crippen LogP contribution in [0.25, 0.3) is 0 Å². The van der Waals surface area contributed by atoms with E-state index in [4.69, 9.17) is 0 Å². The predicted molar refractivity (Wildman–Crippen MR) is 90.6 cm³/mol. The highest BCUT2D eigenvalue weighted by Crippen LogP contribution is 2.39. The molecule has 1 unspecified atom stereocenters. The van der Waals surface area contributed by atoms with Crippen molar-refractivity contribution in [2.75, 3.05) is 19.6 Å². The molecule has 3 aliphatic rings. The van der Waals surface area contributed by atoms with Gasteiger partial charge in [-0.1, -0.05) is 52.9 Å². The van der Waals surface area contributed by atoms with Gasteiger partial charge in [0.1, 0.15) is 0 Å². The van der Waals surface area contributed by atoms with Gasteiger partial charge in [0, 0.05) is 31.2 Å². The molecule has 0 aromatic rings. The topological polar surface area (TPSA) is 15.3 Å². The standard InChI is InChI=1S/C19H36N2/c1-18(2,3)17-14-21(13-16-9-5-6-10-16)19(15-20-17)11-7-4-8-12-19/h16-17,20H,4-15H2,1-3H3. The number of rotatable bonds is 2. The number of hydrogen-bond donors (Lipinski definition) is 1. The first-order chi connectivity index (χ1) is 10.00. The molecule has 2 saturated carbocycles. The lowest BCUT2D eigenvalue weighted by Crippen LogP contribution is -2.68. The summed E-state index contributed by atoms with van der Waals surface area (Å²) in [6, 6.07) is 0.659. The van der Waals surface area contributed by atoms with Crippen molar-refractivity contribution in [3.05, 3.63) is 0 Å². The van der Waals surface area contributed by atoms with Crippen LogP contribution in [0.4, 0.5) is 0 Å². The number of nitrogens with one attached hydrogen (secondary N) is 1. The normalized spacial score (nSPS) is 31.9. The molecule has 122 valence electrons. The summed E-state index contributed by atoms with van der Waals surface area (Å²) in [6.45, 7) is 11.1. The minimum Gasteiger partial charge on any atom is -0.310 e. The predicted octanol–water partition coefficient (Wildman–Crippen LogP) is 4.20. The van der Waals surface area contributed by atoms with Crippen molar-refractivity contribution in [1.82, 2.24) is 10.2 Å². The van der Waals surface area contributed by atoms with Gasteiger partial charge in [0.05, 0.1) is 0 Å². The van der Waals surface area contributed by atoms with Crippen LogP contribution < -0.4 is 5.32 Å². The van der Waals surface area contributed by atoms with Crippen molar-refractivity contribution < 1.29 is 0 Å². The number of hydrogen-bond acceptors (Lipinski definition) is 2. The maximum absolute atomic E-state index is 3.93. The van der Waals surface area contributed by atoms with E-state index in [1.54, 1.807) is 0 Å². The lowest BCUT2D eigenvalue weighted by atomic mass is 9.75. The van der Waals surface area contributed by atoms with Gasteiger partial charge < -0.3 is 5.32 Å². The summed E-state index contributed by atoms with van der Waals surface area (Å²) >= 11 is 0. The molecule has 2 heteroatoms. The van der Waals surface area contributed by atoms with Gasteiger partial charge in [0.15, 0.2) is 0 Å². The van der Waals surface area contributed by atoms with Gasteiger partial charge in [-0.25, -0.2) is 0 Å². The van der Waals surface area contributed by atoms with E-state index in [9.17, 15) is 0 Å². The Bertz CT molecular complexity index is 332. The van der Waals surface area contributed by atoms with Crippen molar-refractivity contribution in [3.63, 3.8) is 0 Å². The van der Waals surface area contributed by atoms with E-state index in [1.807, 2.05) is 0 Å². The average molecular weight is 293 g/mol. The van der Waals surface area contributed by atoms with E-state index in [2.05, 4.69) is 31.0 Å². The molecule has 1 atom stereocenters. The monoisotopic (exact) mass is 292 g/mol. The molecule has 1 heterocycles. The Kier molecular flexibility index (Phi) is 4.66. The highest BCUT2D eigenvalue weighted by Gasteiger charge is 2.44. The first-order valence-electron chi connectivity index (χ1n) is 9.48.